The van der Waals surface area contributed by atoms with E-state index in [4.69, 9.17) is 0 Å². The fraction of sp³-hybridized carbons (Fsp3) is 0.0625. The normalized spacial score (nSPS) is 10.4. The largest absolute Gasteiger partial charge is 0.381 e. The first-order valence-electron chi connectivity index (χ1n) is 12.2. The van der Waals surface area contributed by atoms with Crippen molar-refractivity contribution in [1.29, 1.82) is 0 Å². The lowest BCUT2D eigenvalue weighted by Crippen LogP contribution is -2.03. The number of para-hydroxylation sites is 2. The monoisotopic (exact) mass is 470 g/mol. The van der Waals surface area contributed by atoms with Crippen LogP contribution in [-0.2, 0) is 13.1 Å². The fourth-order valence-corrected chi connectivity index (χ4v) is 3.98. The molecule has 178 valence electrons. The quantitative estimate of drug-likeness (QED) is 0.165. The molecule has 0 radical (unpaired) electrons. The topological polar surface area (TPSA) is 48.1 Å². The zero-order chi connectivity index (χ0) is 24.4. The van der Waals surface area contributed by atoms with Crippen LogP contribution >= 0.6 is 0 Å². The van der Waals surface area contributed by atoms with Gasteiger partial charge in [-0.1, -0.05) is 60.7 Å². The molecule has 0 heterocycles. The van der Waals surface area contributed by atoms with Crippen LogP contribution in [-0.4, -0.2) is 0 Å². The van der Waals surface area contributed by atoms with Gasteiger partial charge in [0, 0.05) is 47.2 Å². The molecule has 0 saturated carbocycles. The van der Waals surface area contributed by atoms with Gasteiger partial charge in [-0.05, 0) is 83.9 Å². The second-order valence-electron chi connectivity index (χ2n) is 8.66. The number of hydrogen-bond donors (Lipinski definition) is 4. The third-order valence-electron chi connectivity index (χ3n) is 5.88. The Morgan fingerprint density at radius 2 is 0.694 bits per heavy atom. The van der Waals surface area contributed by atoms with Crippen LogP contribution in [0.3, 0.4) is 0 Å². The summed E-state index contributed by atoms with van der Waals surface area (Å²) < 4.78 is 0. The van der Waals surface area contributed by atoms with Gasteiger partial charge >= 0.3 is 0 Å². The van der Waals surface area contributed by atoms with E-state index in [2.05, 4.69) is 118 Å². The molecule has 0 unspecified atom stereocenters. The van der Waals surface area contributed by atoms with Gasteiger partial charge in [-0.15, -0.1) is 0 Å². The molecule has 4 heteroatoms. The molecule has 0 amide bonds. The molecule has 0 aliphatic carbocycles. The van der Waals surface area contributed by atoms with E-state index < -0.39 is 0 Å². The molecule has 0 aliphatic rings. The van der Waals surface area contributed by atoms with Crippen molar-refractivity contribution < 1.29 is 0 Å². The van der Waals surface area contributed by atoms with Crippen LogP contribution in [0.2, 0.25) is 0 Å². The van der Waals surface area contributed by atoms with Gasteiger partial charge in [-0.2, -0.15) is 0 Å². The van der Waals surface area contributed by atoms with E-state index in [1.165, 1.54) is 11.1 Å². The van der Waals surface area contributed by atoms with Crippen LogP contribution in [0.1, 0.15) is 11.1 Å². The Labute approximate surface area is 213 Å². The summed E-state index contributed by atoms with van der Waals surface area (Å²) in [5.41, 5.74) is 9.02. The van der Waals surface area contributed by atoms with Crippen molar-refractivity contribution >= 4 is 34.1 Å². The Kier molecular flexibility index (Phi) is 7.45. The minimum absolute atomic E-state index is 0.777. The average Bonchev–Trinajstić information content (AvgIpc) is 2.94. The van der Waals surface area contributed by atoms with Gasteiger partial charge in [0.2, 0.25) is 0 Å². The first-order chi connectivity index (χ1) is 17.8. The number of nitrogens with one attached hydrogen (secondary N) is 4. The van der Waals surface area contributed by atoms with Gasteiger partial charge in [0.05, 0.1) is 0 Å². The van der Waals surface area contributed by atoms with Crippen LogP contribution in [0, 0.1) is 0 Å². The van der Waals surface area contributed by atoms with Crippen molar-refractivity contribution in [2.75, 3.05) is 21.3 Å². The molecule has 36 heavy (non-hydrogen) atoms. The van der Waals surface area contributed by atoms with Gasteiger partial charge in [-0.25, -0.2) is 0 Å². The van der Waals surface area contributed by atoms with Gasteiger partial charge in [0.25, 0.3) is 0 Å². The lowest BCUT2D eigenvalue weighted by Gasteiger charge is -2.12. The van der Waals surface area contributed by atoms with E-state index >= 15 is 0 Å². The molecule has 5 aromatic carbocycles. The predicted molar refractivity (Wildman–Crippen MR) is 153 cm³/mol. The van der Waals surface area contributed by atoms with Crippen molar-refractivity contribution in [3.8, 4) is 0 Å². The molecule has 0 saturated heterocycles. The minimum Gasteiger partial charge on any atom is -0.381 e. The second kappa shape index (κ2) is 11.6. The molecule has 0 fully saturated rings. The number of rotatable bonds is 10. The summed E-state index contributed by atoms with van der Waals surface area (Å²) in [6, 6.07) is 45.9. The molecule has 5 aromatic rings. The summed E-state index contributed by atoms with van der Waals surface area (Å²) in [5, 5.41) is 13.9. The molecule has 5 rings (SSSR count). The molecule has 0 spiro atoms. The van der Waals surface area contributed by atoms with Crippen LogP contribution < -0.4 is 21.3 Å². The van der Waals surface area contributed by atoms with E-state index in [1.807, 2.05) is 36.4 Å². The van der Waals surface area contributed by atoms with E-state index in [1.54, 1.807) is 0 Å². The third kappa shape index (κ3) is 6.67. The highest BCUT2D eigenvalue weighted by Crippen LogP contribution is 2.21. The maximum absolute atomic E-state index is 3.52. The molecule has 0 aliphatic heterocycles. The first-order valence-corrected chi connectivity index (χ1v) is 12.2. The van der Waals surface area contributed by atoms with Gasteiger partial charge < -0.3 is 21.3 Å². The summed E-state index contributed by atoms with van der Waals surface area (Å²) in [4.78, 5) is 0. The van der Waals surface area contributed by atoms with Gasteiger partial charge in [-0.3, -0.25) is 0 Å². The summed E-state index contributed by atoms with van der Waals surface area (Å²) in [6.07, 6.45) is 0. The molecular weight excluding hydrogens is 440 g/mol. The van der Waals surface area contributed by atoms with Crippen LogP contribution in [0.5, 0.6) is 0 Å². The van der Waals surface area contributed by atoms with Gasteiger partial charge in [0.1, 0.15) is 0 Å². The Hall–Kier alpha value is -4.70. The highest BCUT2D eigenvalue weighted by atomic mass is 14.9. The van der Waals surface area contributed by atoms with Crippen molar-refractivity contribution in [3.63, 3.8) is 0 Å². The Morgan fingerprint density at radius 1 is 0.333 bits per heavy atom. The second-order valence-corrected chi connectivity index (χ2v) is 8.66. The zero-order valence-electron chi connectivity index (χ0n) is 20.1. The Bertz CT molecular complexity index is 1250. The lowest BCUT2D eigenvalue weighted by atomic mass is 10.1. The number of anilines is 6. The van der Waals surface area contributed by atoms with Gasteiger partial charge in [0.15, 0.2) is 0 Å². The Morgan fingerprint density at radius 3 is 1.11 bits per heavy atom. The van der Waals surface area contributed by atoms with E-state index in [0.29, 0.717) is 0 Å². The van der Waals surface area contributed by atoms with Crippen LogP contribution in [0.15, 0.2) is 133 Å². The molecule has 4 nitrogen and oxygen atoms in total. The molecule has 0 atom stereocenters. The van der Waals surface area contributed by atoms with Crippen LogP contribution in [0.4, 0.5) is 34.1 Å². The van der Waals surface area contributed by atoms with Crippen molar-refractivity contribution in [2.45, 2.75) is 13.1 Å². The standard InChI is InChI=1S/C32H30N4/c1-3-10-29(11-4-1)35-31-18-14-27(15-19-31)33-23-25-8-7-9-26(22-25)24-34-28-16-20-32(21-17-28)36-30-12-5-2-6-13-30/h1-22,33-36H,23-24H2. The van der Waals surface area contributed by atoms with Crippen LogP contribution in [0.25, 0.3) is 0 Å². The summed E-state index contributed by atoms with van der Waals surface area (Å²) in [6.45, 7) is 1.55. The maximum atomic E-state index is 3.52. The molecular formula is C32H30N4. The van der Waals surface area contributed by atoms with E-state index in [9.17, 15) is 0 Å². The number of benzene rings is 5. The minimum atomic E-state index is 0.777. The molecule has 0 bridgehead atoms. The summed E-state index contributed by atoms with van der Waals surface area (Å²) in [5.74, 6) is 0. The van der Waals surface area contributed by atoms with Crippen molar-refractivity contribution in [2.24, 2.45) is 0 Å². The predicted octanol–water partition coefficient (Wildman–Crippen LogP) is 8.40. The maximum Gasteiger partial charge on any atom is 0.0400 e. The Balaban J connectivity index is 1.11. The highest BCUT2D eigenvalue weighted by molar-refractivity contribution is 5.63. The molecule has 4 N–H and O–H groups in total. The third-order valence-corrected chi connectivity index (χ3v) is 5.88. The lowest BCUT2D eigenvalue weighted by molar-refractivity contribution is 1.10. The highest BCUT2D eigenvalue weighted by Gasteiger charge is 2.00. The summed E-state index contributed by atoms with van der Waals surface area (Å²) in [7, 11) is 0. The fourth-order valence-electron chi connectivity index (χ4n) is 3.98. The molecule has 0 aromatic heterocycles. The van der Waals surface area contributed by atoms with Crippen molar-refractivity contribution in [3.05, 3.63) is 145 Å². The number of hydrogen-bond acceptors (Lipinski definition) is 4. The van der Waals surface area contributed by atoms with E-state index in [-0.39, 0.29) is 0 Å². The SMILES string of the molecule is c1ccc(Nc2ccc(NCc3cccc(CNc4ccc(Nc5ccccc5)cc4)c3)cc2)cc1. The smallest absolute Gasteiger partial charge is 0.0400 e. The zero-order valence-corrected chi connectivity index (χ0v) is 20.1. The average molecular weight is 471 g/mol. The summed E-state index contributed by atoms with van der Waals surface area (Å²) >= 11 is 0. The van der Waals surface area contributed by atoms with E-state index in [0.717, 1.165) is 47.2 Å². The van der Waals surface area contributed by atoms with Crippen molar-refractivity contribution in [1.82, 2.24) is 0 Å². The first kappa shape index (κ1) is 23.1.